The normalized spacial score (nSPS) is 10.4. The number of aromatic nitrogens is 2. The summed E-state index contributed by atoms with van der Waals surface area (Å²) in [5, 5.41) is 7.26. The molecule has 0 aliphatic carbocycles. The summed E-state index contributed by atoms with van der Waals surface area (Å²) >= 11 is 1.45. The van der Waals surface area contributed by atoms with Crippen molar-refractivity contribution in [2.24, 2.45) is 5.92 Å². The Bertz CT molecular complexity index is 589. The number of carbonyl (C=O) groups is 1. The zero-order valence-corrected chi connectivity index (χ0v) is 12.9. The highest BCUT2D eigenvalue weighted by Crippen LogP contribution is 2.25. The summed E-state index contributed by atoms with van der Waals surface area (Å²) < 4.78 is 0. The van der Waals surface area contributed by atoms with Crippen molar-refractivity contribution < 1.29 is 4.79 Å². The second kappa shape index (κ2) is 7.64. The minimum atomic E-state index is -0.205. The molecule has 2 aromatic heterocycles. The van der Waals surface area contributed by atoms with E-state index in [0.29, 0.717) is 18.2 Å². The third kappa shape index (κ3) is 5.43. The van der Waals surface area contributed by atoms with Gasteiger partial charge in [-0.2, -0.15) is 0 Å². The molecule has 0 unspecified atom stereocenters. The van der Waals surface area contributed by atoms with E-state index in [-0.39, 0.29) is 6.03 Å². The highest BCUT2D eigenvalue weighted by atomic mass is 32.2. The first-order valence-electron chi connectivity index (χ1n) is 6.73. The van der Waals surface area contributed by atoms with Crippen LogP contribution in [0.3, 0.4) is 0 Å². The van der Waals surface area contributed by atoms with Crippen LogP contribution in [0.2, 0.25) is 0 Å². The van der Waals surface area contributed by atoms with Gasteiger partial charge in [0, 0.05) is 24.6 Å². The molecule has 2 amide bonds. The van der Waals surface area contributed by atoms with Crippen molar-refractivity contribution >= 4 is 23.5 Å². The number of anilines is 1. The molecule has 5 nitrogen and oxygen atoms in total. The van der Waals surface area contributed by atoms with E-state index in [1.165, 1.54) is 11.8 Å². The van der Waals surface area contributed by atoms with Gasteiger partial charge in [-0.3, -0.25) is 0 Å². The molecule has 0 saturated carbocycles. The summed E-state index contributed by atoms with van der Waals surface area (Å²) in [7, 11) is 0. The number of pyridine rings is 2. The van der Waals surface area contributed by atoms with Crippen molar-refractivity contribution in [3.63, 3.8) is 0 Å². The number of nitrogens with one attached hydrogen (secondary N) is 2. The number of rotatable bonds is 5. The molecule has 0 bridgehead atoms. The van der Waals surface area contributed by atoms with Gasteiger partial charge in [-0.15, -0.1) is 0 Å². The van der Waals surface area contributed by atoms with Crippen LogP contribution in [0.15, 0.2) is 52.8 Å². The lowest BCUT2D eigenvalue weighted by atomic mass is 10.2. The molecule has 0 fully saturated rings. The summed E-state index contributed by atoms with van der Waals surface area (Å²) in [6, 6.07) is 9.10. The number of urea groups is 1. The maximum atomic E-state index is 11.7. The van der Waals surface area contributed by atoms with E-state index in [1.807, 2.05) is 38.1 Å². The van der Waals surface area contributed by atoms with Gasteiger partial charge in [0.25, 0.3) is 0 Å². The van der Waals surface area contributed by atoms with Gasteiger partial charge in [0.15, 0.2) is 0 Å². The predicted molar refractivity (Wildman–Crippen MR) is 84.5 cm³/mol. The third-order valence-electron chi connectivity index (χ3n) is 2.51. The van der Waals surface area contributed by atoms with Crippen molar-refractivity contribution in [3.8, 4) is 0 Å². The lowest BCUT2D eigenvalue weighted by Crippen LogP contribution is -2.31. The average Bonchev–Trinajstić information content (AvgIpc) is 2.46. The van der Waals surface area contributed by atoms with Crippen LogP contribution in [-0.2, 0) is 0 Å². The molecule has 0 aliphatic rings. The number of amides is 2. The fourth-order valence-electron chi connectivity index (χ4n) is 1.53. The first-order chi connectivity index (χ1) is 10.1. The fourth-order valence-corrected chi connectivity index (χ4v) is 2.30. The van der Waals surface area contributed by atoms with Gasteiger partial charge in [-0.25, -0.2) is 14.8 Å². The van der Waals surface area contributed by atoms with Crippen molar-refractivity contribution in [1.82, 2.24) is 15.3 Å². The highest BCUT2D eigenvalue weighted by molar-refractivity contribution is 7.99. The van der Waals surface area contributed by atoms with E-state index >= 15 is 0 Å². The molecule has 110 valence electrons. The van der Waals surface area contributed by atoms with Crippen molar-refractivity contribution in [2.45, 2.75) is 23.9 Å². The molecule has 2 aromatic rings. The van der Waals surface area contributed by atoms with Crippen molar-refractivity contribution in [2.75, 3.05) is 11.9 Å². The van der Waals surface area contributed by atoms with E-state index in [9.17, 15) is 4.79 Å². The van der Waals surface area contributed by atoms with Crippen LogP contribution in [0, 0.1) is 5.92 Å². The van der Waals surface area contributed by atoms with E-state index in [1.54, 1.807) is 18.5 Å². The largest absolute Gasteiger partial charge is 0.338 e. The van der Waals surface area contributed by atoms with Gasteiger partial charge in [-0.05, 0) is 30.2 Å². The molecule has 0 atom stereocenters. The lowest BCUT2D eigenvalue weighted by Gasteiger charge is -2.09. The topological polar surface area (TPSA) is 66.9 Å². The first-order valence-corrected chi connectivity index (χ1v) is 7.55. The molecule has 2 N–H and O–H groups in total. The monoisotopic (exact) mass is 302 g/mol. The SMILES string of the molecule is CC(C)CNC(=O)Nc1ccnc(Sc2ccccn2)c1. The highest BCUT2D eigenvalue weighted by Gasteiger charge is 2.05. The summed E-state index contributed by atoms with van der Waals surface area (Å²) in [6.45, 7) is 4.75. The van der Waals surface area contributed by atoms with Gasteiger partial charge in [0.1, 0.15) is 10.1 Å². The Morgan fingerprint density at radius 3 is 2.71 bits per heavy atom. The summed E-state index contributed by atoms with van der Waals surface area (Å²) in [5.74, 6) is 0.420. The third-order valence-corrected chi connectivity index (χ3v) is 3.39. The minimum absolute atomic E-state index is 0.205. The molecule has 0 spiro atoms. The summed E-state index contributed by atoms with van der Waals surface area (Å²) in [5.41, 5.74) is 0.713. The van der Waals surface area contributed by atoms with Crippen LogP contribution < -0.4 is 10.6 Å². The molecule has 0 aromatic carbocycles. The standard InChI is InChI=1S/C15H18N4OS/c1-11(2)10-18-15(20)19-12-6-8-17-14(9-12)21-13-5-3-4-7-16-13/h3-9,11H,10H2,1-2H3,(H2,17,18,19,20). The number of hydrogen-bond donors (Lipinski definition) is 2. The van der Waals surface area contributed by atoms with Crippen LogP contribution in [0.25, 0.3) is 0 Å². The van der Waals surface area contributed by atoms with E-state index < -0.39 is 0 Å². The van der Waals surface area contributed by atoms with E-state index in [0.717, 1.165) is 10.1 Å². The first kappa shape index (κ1) is 15.3. The Hall–Kier alpha value is -2.08. The molecular formula is C15H18N4OS. The second-order valence-corrected chi connectivity index (χ2v) is 5.92. The van der Waals surface area contributed by atoms with E-state index in [2.05, 4.69) is 20.6 Å². The molecule has 21 heavy (non-hydrogen) atoms. The lowest BCUT2D eigenvalue weighted by molar-refractivity contribution is 0.251. The number of carbonyl (C=O) groups excluding carboxylic acids is 1. The number of hydrogen-bond acceptors (Lipinski definition) is 4. The van der Waals surface area contributed by atoms with Crippen LogP contribution in [0.5, 0.6) is 0 Å². The van der Waals surface area contributed by atoms with Gasteiger partial charge < -0.3 is 10.6 Å². The maximum Gasteiger partial charge on any atom is 0.319 e. The van der Waals surface area contributed by atoms with E-state index in [4.69, 9.17) is 0 Å². The van der Waals surface area contributed by atoms with Crippen LogP contribution in [-0.4, -0.2) is 22.5 Å². The zero-order valence-electron chi connectivity index (χ0n) is 12.0. The molecule has 0 aliphatic heterocycles. The molecule has 0 radical (unpaired) electrons. The Morgan fingerprint density at radius 2 is 2.00 bits per heavy atom. The minimum Gasteiger partial charge on any atom is -0.338 e. The van der Waals surface area contributed by atoms with Crippen molar-refractivity contribution in [1.29, 1.82) is 0 Å². The smallest absolute Gasteiger partial charge is 0.319 e. The summed E-state index contributed by atoms with van der Waals surface area (Å²) in [6.07, 6.45) is 3.41. The Balaban J connectivity index is 1.96. The molecular weight excluding hydrogens is 284 g/mol. The van der Waals surface area contributed by atoms with Crippen LogP contribution in [0.1, 0.15) is 13.8 Å². The second-order valence-electron chi connectivity index (χ2n) is 4.88. The van der Waals surface area contributed by atoms with Gasteiger partial charge >= 0.3 is 6.03 Å². The zero-order chi connectivity index (χ0) is 15.1. The summed E-state index contributed by atoms with van der Waals surface area (Å²) in [4.78, 5) is 20.2. The maximum absolute atomic E-state index is 11.7. The van der Waals surface area contributed by atoms with Gasteiger partial charge in [-0.1, -0.05) is 31.7 Å². The molecule has 0 saturated heterocycles. The molecule has 2 heterocycles. The predicted octanol–water partition coefficient (Wildman–Crippen LogP) is 3.41. The fraction of sp³-hybridized carbons (Fsp3) is 0.267. The van der Waals surface area contributed by atoms with Crippen molar-refractivity contribution in [3.05, 3.63) is 42.7 Å². The Morgan fingerprint density at radius 1 is 1.19 bits per heavy atom. The average molecular weight is 302 g/mol. The van der Waals surface area contributed by atoms with Gasteiger partial charge in [0.2, 0.25) is 0 Å². The van der Waals surface area contributed by atoms with Crippen LogP contribution in [0.4, 0.5) is 10.5 Å². The molecule has 2 rings (SSSR count). The Kier molecular flexibility index (Phi) is 5.57. The van der Waals surface area contributed by atoms with Crippen LogP contribution >= 0.6 is 11.8 Å². The Labute approximate surface area is 128 Å². The number of nitrogens with zero attached hydrogens (tertiary/aromatic N) is 2. The molecule has 6 heteroatoms. The quantitative estimate of drug-likeness (QED) is 0.888. The van der Waals surface area contributed by atoms with Gasteiger partial charge in [0.05, 0.1) is 0 Å².